The monoisotopic (exact) mass is 603 g/mol. The molecule has 0 atom stereocenters. The predicted octanol–water partition coefficient (Wildman–Crippen LogP) is 3.87. The Morgan fingerprint density at radius 3 is 2.50 bits per heavy atom. The Balaban J connectivity index is 1.21. The molecule has 1 saturated carbocycles. The number of amides is 3. The second kappa shape index (κ2) is 11.8. The molecule has 226 valence electrons. The number of morpholine rings is 1. The Labute approximate surface area is 250 Å². The van der Waals surface area contributed by atoms with Crippen LogP contribution in [0.15, 0.2) is 67.0 Å². The summed E-state index contributed by atoms with van der Waals surface area (Å²) in [6.07, 6.45) is 3.53. The number of nitrogens with two attached hydrogens (primary N) is 1. The number of primary amides is 1. The fourth-order valence-corrected chi connectivity index (χ4v) is 4.92. The predicted molar refractivity (Wildman–Crippen MR) is 153 cm³/mol. The highest BCUT2D eigenvalue weighted by molar-refractivity contribution is 6.16. The highest BCUT2D eigenvalue weighted by Gasteiger charge is 2.57. The van der Waals surface area contributed by atoms with Crippen LogP contribution in [0.4, 0.5) is 20.2 Å². The number of carbonyl (C=O) groups excluding carboxylic acids is 3. The number of hydrogen-bond donors (Lipinski definition) is 1. The van der Waals surface area contributed by atoms with Crippen molar-refractivity contribution in [3.63, 3.8) is 0 Å². The van der Waals surface area contributed by atoms with E-state index in [1.807, 2.05) is 0 Å². The zero-order valence-corrected chi connectivity index (χ0v) is 23.4. The largest absolute Gasteiger partial charge is 0.476 e. The number of halogens is 2. The first-order valence-electron chi connectivity index (χ1n) is 13.9. The number of hydrogen-bond acceptors (Lipinski definition) is 8. The molecule has 4 aromatic rings. The number of aromatic nitrogens is 2. The second-order valence-corrected chi connectivity index (χ2v) is 10.4. The van der Waals surface area contributed by atoms with Crippen molar-refractivity contribution >= 4 is 40.0 Å². The highest BCUT2D eigenvalue weighted by atomic mass is 19.1. The number of pyridine rings is 2. The van der Waals surface area contributed by atoms with Gasteiger partial charge in [-0.15, -0.1) is 0 Å². The zero-order valence-electron chi connectivity index (χ0n) is 23.4. The molecule has 0 spiro atoms. The molecule has 6 rings (SSSR count). The Kier molecular flexibility index (Phi) is 7.78. The average molecular weight is 604 g/mol. The van der Waals surface area contributed by atoms with E-state index in [4.69, 9.17) is 19.9 Å². The molecular formula is C31H27F2N5O6. The second-order valence-electron chi connectivity index (χ2n) is 10.4. The summed E-state index contributed by atoms with van der Waals surface area (Å²) >= 11 is 0. The average Bonchev–Trinajstić information content (AvgIpc) is 3.83. The molecule has 0 radical (unpaired) electrons. The van der Waals surface area contributed by atoms with Gasteiger partial charge < -0.3 is 24.8 Å². The lowest BCUT2D eigenvalue weighted by Gasteiger charge is -2.26. The Bertz CT molecular complexity index is 1750. The standard InChI is InChI=1S/C31H27F2N5O6/c32-19-1-3-20(4-2-19)38(30(41)31(8-9-31)29(34)40)21-5-6-26(23(33)15-21)44-25-7-10-35-24-16-27(36-17-22(24)25)43-14-12-37-11-13-42-18-28(37)39/h1-7,10,15-17H,8-9,11-14,18H2,(H2,34,40). The van der Waals surface area contributed by atoms with Crippen molar-refractivity contribution in [1.29, 1.82) is 0 Å². The topological polar surface area (TPSA) is 137 Å². The van der Waals surface area contributed by atoms with E-state index >= 15 is 4.39 Å². The molecule has 2 aromatic heterocycles. The Hall–Kier alpha value is -5.17. The van der Waals surface area contributed by atoms with Gasteiger partial charge in [-0.2, -0.15) is 0 Å². The van der Waals surface area contributed by atoms with E-state index in [1.54, 1.807) is 17.0 Å². The van der Waals surface area contributed by atoms with Crippen LogP contribution in [0.2, 0.25) is 0 Å². The first kappa shape index (κ1) is 28.9. The van der Waals surface area contributed by atoms with Crippen molar-refractivity contribution in [2.75, 3.05) is 37.8 Å². The van der Waals surface area contributed by atoms with E-state index in [9.17, 15) is 18.8 Å². The third-order valence-corrected chi connectivity index (χ3v) is 7.57. The fraction of sp³-hybridized carbons (Fsp3) is 0.258. The van der Waals surface area contributed by atoms with Crippen LogP contribution in [0.5, 0.6) is 17.4 Å². The van der Waals surface area contributed by atoms with Gasteiger partial charge in [-0.25, -0.2) is 13.8 Å². The van der Waals surface area contributed by atoms with Crippen molar-refractivity contribution in [3.05, 3.63) is 78.6 Å². The molecule has 1 aliphatic carbocycles. The summed E-state index contributed by atoms with van der Waals surface area (Å²) in [7, 11) is 0. The van der Waals surface area contributed by atoms with Crippen LogP contribution in [0.25, 0.3) is 10.9 Å². The summed E-state index contributed by atoms with van der Waals surface area (Å²) in [6, 6.07) is 12.1. The zero-order chi connectivity index (χ0) is 30.8. The third-order valence-electron chi connectivity index (χ3n) is 7.57. The third kappa shape index (κ3) is 5.73. The number of benzene rings is 2. The summed E-state index contributed by atoms with van der Waals surface area (Å²) in [6.45, 7) is 1.67. The van der Waals surface area contributed by atoms with Crippen LogP contribution in [0, 0.1) is 17.0 Å². The number of ether oxygens (including phenoxy) is 3. The van der Waals surface area contributed by atoms with E-state index in [-0.39, 0.29) is 54.8 Å². The molecule has 11 nitrogen and oxygen atoms in total. The molecule has 1 saturated heterocycles. The van der Waals surface area contributed by atoms with Gasteiger partial charge >= 0.3 is 0 Å². The normalized spacial score (nSPS) is 15.6. The van der Waals surface area contributed by atoms with Crippen LogP contribution in [-0.2, 0) is 19.1 Å². The minimum atomic E-state index is -1.40. The molecule has 2 aliphatic rings. The number of anilines is 2. The molecule has 0 unspecified atom stereocenters. The van der Waals surface area contributed by atoms with Crippen molar-refractivity contribution < 1.29 is 37.4 Å². The Morgan fingerprint density at radius 2 is 1.80 bits per heavy atom. The van der Waals surface area contributed by atoms with Crippen LogP contribution < -0.4 is 20.1 Å². The quantitative estimate of drug-likeness (QED) is 0.270. The molecule has 2 N–H and O–H groups in total. The van der Waals surface area contributed by atoms with Crippen molar-refractivity contribution in [3.8, 4) is 17.4 Å². The first-order chi connectivity index (χ1) is 21.2. The molecule has 1 aliphatic heterocycles. The van der Waals surface area contributed by atoms with Crippen molar-refractivity contribution in [1.82, 2.24) is 14.9 Å². The molecule has 3 heterocycles. The molecule has 2 fully saturated rings. The van der Waals surface area contributed by atoms with Gasteiger partial charge in [0.1, 0.15) is 30.2 Å². The van der Waals surface area contributed by atoms with Gasteiger partial charge in [-0.3, -0.25) is 24.3 Å². The SMILES string of the molecule is NC(=O)C1(C(=O)N(c2ccc(F)cc2)c2ccc(Oc3ccnc4cc(OCCN5CCOCC5=O)ncc34)c(F)c2)CC1. The lowest BCUT2D eigenvalue weighted by molar-refractivity contribution is -0.143. The summed E-state index contributed by atoms with van der Waals surface area (Å²) in [5.74, 6) is -2.36. The molecule has 13 heteroatoms. The van der Waals surface area contributed by atoms with Gasteiger partial charge in [0.05, 0.1) is 29.7 Å². The van der Waals surface area contributed by atoms with Crippen LogP contribution >= 0.6 is 0 Å². The summed E-state index contributed by atoms with van der Waals surface area (Å²) < 4.78 is 45.9. The molecule has 0 bridgehead atoms. The molecule has 44 heavy (non-hydrogen) atoms. The van der Waals surface area contributed by atoms with Gasteiger partial charge in [0.25, 0.3) is 0 Å². The Morgan fingerprint density at radius 1 is 1.02 bits per heavy atom. The minimum absolute atomic E-state index is 0.0604. The van der Waals surface area contributed by atoms with Gasteiger partial charge in [0, 0.05) is 36.8 Å². The number of fused-ring (bicyclic) bond motifs is 1. The van der Waals surface area contributed by atoms with Gasteiger partial charge in [-0.1, -0.05) is 0 Å². The van der Waals surface area contributed by atoms with Crippen LogP contribution in [0.3, 0.4) is 0 Å². The van der Waals surface area contributed by atoms with E-state index in [0.29, 0.717) is 36.5 Å². The lowest BCUT2D eigenvalue weighted by Crippen LogP contribution is -2.43. The number of carbonyl (C=O) groups is 3. The number of rotatable bonds is 10. The summed E-state index contributed by atoms with van der Waals surface area (Å²) in [4.78, 5) is 48.9. The van der Waals surface area contributed by atoms with E-state index in [0.717, 1.165) is 23.1 Å². The van der Waals surface area contributed by atoms with Crippen molar-refractivity contribution in [2.24, 2.45) is 11.1 Å². The molecular weight excluding hydrogens is 576 g/mol. The van der Waals surface area contributed by atoms with E-state index in [1.165, 1.54) is 36.7 Å². The minimum Gasteiger partial charge on any atom is -0.476 e. The maximum Gasteiger partial charge on any atom is 0.248 e. The van der Waals surface area contributed by atoms with Gasteiger partial charge in [0.2, 0.25) is 23.6 Å². The van der Waals surface area contributed by atoms with Gasteiger partial charge in [0.15, 0.2) is 11.6 Å². The smallest absolute Gasteiger partial charge is 0.248 e. The van der Waals surface area contributed by atoms with Gasteiger partial charge in [-0.05, 0) is 55.3 Å². The van der Waals surface area contributed by atoms with Crippen LogP contribution in [-0.4, -0.2) is 65.5 Å². The maximum atomic E-state index is 15.5. The van der Waals surface area contributed by atoms with Crippen molar-refractivity contribution in [2.45, 2.75) is 12.8 Å². The lowest BCUT2D eigenvalue weighted by atomic mass is 10.0. The summed E-state index contributed by atoms with van der Waals surface area (Å²) in [5.41, 5.74) is 4.98. The molecule has 2 aromatic carbocycles. The van der Waals surface area contributed by atoms with Crippen LogP contribution in [0.1, 0.15) is 12.8 Å². The number of nitrogens with zero attached hydrogens (tertiary/aromatic N) is 4. The summed E-state index contributed by atoms with van der Waals surface area (Å²) in [5, 5.41) is 0.493. The van der Waals surface area contributed by atoms with E-state index in [2.05, 4.69) is 9.97 Å². The molecule has 3 amide bonds. The highest BCUT2D eigenvalue weighted by Crippen LogP contribution is 2.49. The maximum absolute atomic E-state index is 15.5. The fourth-order valence-electron chi connectivity index (χ4n) is 4.92. The first-order valence-corrected chi connectivity index (χ1v) is 13.9. The van der Waals surface area contributed by atoms with E-state index < -0.39 is 28.9 Å².